The third kappa shape index (κ3) is 2.91. The van der Waals surface area contributed by atoms with Gasteiger partial charge in [0.25, 0.3) is 0 Å². The molecule has 1 saturated heterocycles. The molecule has 4 heteroatoms. The minimum atomic E-state index is 0.0190. The minimum Gasteiger partial charge on any atom is -0.461 e. The molecule has 0 saturated carbocycles. The van der Waals surface area contributed by atoms with E-state index in [1.54, 1.807) is 12.1 Å². The van der Waals surface area contributed by atoms with Crippen molar-refractivity contribution in [2.75, 3.05) is 19.6 Å². The molecule has 1 aromatic rings. The Balaban J connectivity index is 1.75. The Morgan fingerprint density at radius 1 is 1.67 bits per heavy atom. The van der Waals surface area contributed by atoms with E-state index in [2.05, 4.69) is 10.6 Å². The van der Waals surface area contributed by atoms with E-state index in [4.69, 9.17) is 4.42 Å². The second-order valence-corrected chi connectivity index (χ2v) is 3.82. The van der Waals surface area contributed by atoms with E-state index >= 15 is 0 Å². The molecule has 82 valence electrons. The van der Waals surface area contributed by atoms with E-state index in [1.165, 1.54) is 12.7 Å². The Morgan fingerprint density at radius 2 is 2.60 bits per heavy atom. The number of nitrogens with one attached hydrogen (secondary N) is 2. The highest BCUT2D eigenvalue weighted by Gasteiger charge is 2.15. The Bertz CT molecular complexity index is 302. The fourth-order valence-electron chi connectivity index (χ4n) is 1.79. The molecule has 0 radical (unpaired) electrons. The molecule has 1 aromatic heterocycles. The number of hydrogen-bond donors (Lipinski definition) is 2. The number of carbonyl (C=O) groups is 1. The largest absolute Gasteiger partial charge is 0.461 e. The number of Topliss-reactive ketones (excluding diaryl/α,β-unsaturated/α-hetero) is 1. The molecular formula is C11H16N2O2. The van der Waals surface area contributed by atoms with E-state index in [0.29, 0.717) is 18.3 Å². The Morgan fingerprint density at radius 3 is 3.27 bits per heavy atom. The maximum absolute atomic E-state index is 11.6. The van der Waals surface area contributed by atoms with E-state index in [0.717, 1.165) is 19.5 Å². The van der Waals surface area contributed by atoms with Crippen molar-refractivity contribution in [2.45, 2.75) is 18.9 Å². The first kappa shape index (κ1) is 10.4. The molecule has 1 aliphatic heterocycles. The van der Waals surface area contributed by atoms with Gasteiger partial charge in [-0.15, -0.1) is 0 Å². The van der Waals surface area contributed by atoms with E-state index in [1.807, 2.05) is 0 Å². The van der Waals surface area contributed by atoms with Crippen LogP contribution >= 0.6 is 0 Å². The van der Waals surface area contributed by atoms with E-state index in [-0.39, 0.29) is 5.78 Å². The van der Waals surface area contributed by atoms with Gasteiger partial charge in [-0.05, 0) is 31.5 Å². The van der Waals surface area contributed by atoms with Crippen LogP contribution in [-0.2, 0) is 0 Å². The van der Waals surface area contributed by atoms with Crippen LogP contribution in [0.5, 0.6) is 0 Å². The monoisotopic (exact) mass is 208 g/mol. The van der Waals surface area contributed by atoms with Crippen molar-refractivity contribution in [3.8, 4) is 0 Å². The lowest BCUT2D eigenvalue weighted by atomic mass is 10.1. The molecule has 2 rings (SSSR count). The molecule has 2 N–H and O–H groups in total. The predicted molar refractivity (Wildman–Crippen MR) is 56.9 cm³/mol. The molecule has 0 bridgehead atoms. The standard InChI is InChI=1S/C11H16N2O2/c14-10(11-4-2-6-15-11)8-13-9-3-1-5-12-7-9/h2,4,6,9,12-13H,1,3,5,7-8H2/t9-/m1/s1. The second-order valence-electron chi connectivity index (χ2n) is 3.82. The molecule has 1 fully saturated rings. The van der Waals surface area contributed by atoms with E-state index < -0.39 is 0 Å². The smallest absolute Gasteiger partial charge is 0.211 e. The Hall–Kier alpha value is -1.13. The van der Waals surface area contributed by atoms with Gasteiger partial charge in [0.2, 0.25) is 5.78 Å². The summed E-state index contributed by atoms with van der Waals surface area (Å²) < 4.78 is 5.03. The Kier molecular flexibility index (Phi) is 3.53. The molecule has 1 atom stereocenters. The number of hydrogen-bond acceptors (Lipinski definition) is 4. The summed E-state index contributed by atoms with van der Waals surface area (Å²) in [5.74, 6) is 0.455. The van der Waals surface area contributed by atoms with Gasteiger partial charge >= 0.3 is 0 Å². The summed E-state index contributed by atoms with van der Waals surface area (Å²) in [6.07, 6.45) is 3.83. The van der Waals surface area contributed by atoms with Crippen LogP contribution in [0.3, 0.4) is 0 Å². The van der Waals surface area contributed by atoms with Gasteiger partial charge in [0, 0.05) is 12.6 Å². The van der Waals surface area contributed by atoms with Crippen LogP contribution in [0.15, 0.2) is 22.8 Å². The molecule has 15 heavy (non-hydrogen) atoms. The lowest BCUT2D eigenvalue weighted by Crippen LogP contribution is -2.44. The highest BCUT2D eigenvalue weighted by molar-refractivity contribution is 5.94. The highest BCUT2D eigenvalue weighted by atomic mass is 16.3. The summed E-state index contributed by atoms with van der Waals surface area (Å²) in [6.45, 7) is 2.40. The first-order valence-corrected chi connectivity index (χ1v) is 5.37. The zero-order chi connectivity index (χ0) is 10.5. The molecule has 0 unspecified atom stereocenters. The lowest BCUT2D eigenvalue weighted by molar-refractivity contribution is 0.0959. The quantitative estimate of drug-likeness (QED) is 0.719. The first-order chi connectivity index (χ1) is 7.36. The summed E-state index contributed by atoms with van der Waals surface area (Å²) in [5, 5.41) is 6.53. The van der Waals surface area contributed by atoms with Crippen LogP contribution in [0.2, 0.25) is 0 Å². The van der Waals surface area contributed by atoms with Crippen LogP contribution in [-0.4, -0.2) is 31.5 Å². The van der Waals surface area contributed by atoms with Gasteiger partial charge in [-0.1, -0.05) is 0 Å². The van der Waals surface area contributed by atoms with Crippen LogP contribution in [0, 0.1) is 0 Å². The topological polar surface area (TPSA) is 54.3 Å². The van der Waals surface area contributed by atoms with Crippen LogP contribution in [0.1, 0.15) is 23.4 Å². The van der Waals surface area contributed by atoms with Crippen LogP contribution < -0.4 is 10.6 Å². The average molecular weight is 208 g/mol. The van der Waals surface area contributed by atoms with Crippen molar-refractivity contribution in [3.63, 3.8) is 0 Å². The number of piperidine rings is 1. The Labute approximate surface area is 89.0 Å². The summed E-state index contributed by atoms with van der Waals surface area (Å²) >= 11 is 0. The third-order valence-electron chi connectivity index (χ3n) is 2.64. The zero-order valence-corrected chi connectivity index (χ0v) is 8.66. The molecule has 4 nitrogen and oxygen atoms in total. The van der Waals surface area contributed by atoms with Crippen LogP contribution in [0.4, 0.5) is 0 Å². The van der Waals surface area contributed by atoms with Crippen molar-refractivity contribution >= 4 is 5.78 Å². The van der Waals surface area contributed by atoms with Gasteiger partial charge in [-0.3, -0.25) is 4.79 Å². The molecule has 2 heterocycles. The maximum Gasteiger partial charge on any atom is 0.211 e. The van der Waals surface area contributed by atoms with Gasteiger partial charge in [-0.2, -0.15) is 0 Å². The van der Waals surface area contributed by atoms with E-state index in [9.17, 15) is 4.79 Å². The normalized spacial score (nSPS) is 21.5. The van der Waals surface area contributed by atoms with Gasteiger partial charge in [0.15, 0.2) is 5.76 Å². The van der Waals surface area contributed by atoms with Crippen molar-refractivity contribution in [1.29, 1.82) is 0 Å². The SMILES string of the molecule is O=C(CN[C@@H]1CCCNC1)c1ccco1. The summed E-state index contributed by atoms with van der Waals surface area (Å²) in [4.78, 5) is 11.6. The van der Waals surface area contributed by atoms with Crippen LogP contribution in [0.25, 0.3) is 0 Å². The number of rotatable bonds is 4. The highest BCUT2D eigenvalue weighted by Crippen LogP contribution is 2.03. The van der Waals surface area contributed by atoms with Gasteiger partial charge in [0.1, 0.15) is 0 Å². The minimum absolute atomic E-state index is 0.0190. The summed E-state index contributed by atoms with van der Waals surface area (Å²) in [7, 11) is 0. The predicted octanol–water partition coefficient (Wildman–Crippen LogP) is 0.804. The van der Waals surface area contributed by atoms with Gasteiger partial charge in [-0.25, -0.2) is 0 Å². The average Bonchev–Trinajstić information content (AvgIpc) is 2.81. The zero-order valence-electron chi connectivity index (χ0n) is 8.66. The van der Waals surface area contributed by atoms with Crippen molar-refractivity contribution in [1.82, 2.24) is 10.6 Å². The molecular weight excluding hydrogens is 192 g/mol. The summed E-state index contributed by atoms with van der Waals surface area (Å²) in [5.41, 5.74) is 0. The molecule has 1 aliphatic rings. The third-order valence-corrected chi connectivity index (χ3v) is 2.64. The lowest BCUT2D eigenvalue weighted by Gasteiger charge is -2.23. The fourth-order valence-corrected chi connectivity index (χ4v) is 1.79. The van der Waals surface area contributed by atoms with Gasteiger partial charge < -0.3 is 15.1 Å². The fraction of sp³-hybridized carbons (Fsp3) is 0.545. The number of furan rings is 1. The maximum atomic E-state index is 11.6. The molecule has 0 aliphatic carbocycles. The molecule has 0 amide bonds. The van der Waals surface area contributed by atoms with Crippen molar-refractivity contribution in [3.05, 3.63) is 24.2 Å². The molecule has 0 aromatic carbocycles. The molecule has 0 spiro atoms. The number of carbonyl (C=O) groups excluding carboxylic acids is 1. The van der Waals surface area contributed by atoms with Crippen molar-refractivity contribution < 1.29 is 9.21 Å². The number of ketones is 1. The van der Waals surface area contributed by atoms with Gasteiger partial charge in [0.05, 0.1) is 12.8 Å². The van der Waals surface area contributed by atoms with Crippen molar-refractivity contribution in [2.24, 2.45) is 0 Å². The first-order valence-electron chi connectivity index (χ1n) is 5.37. The summed E-state index contributed by atoms with van der Waals surface area (Å²) in [6, 6.07) is 3.84. The second kappa shape index (κ2) is 5.09.